The summed E-state index contributed by atoms with van der Waals surface area (Å²) in [5.41, 5.74) is 1.81. The molecule has 100 valence electrons. The van der Waals surface area contributed by atoms with E-state index in [0.717, 1.165) is 24.9 Å². The number of furan rings is 1. The van der Waals surface area contributed by atoms with E-state index in [1.165, 1.54) is 37.9 Å². The Morgan fingerprint density at radius 1 is 1.44 bits per heavy atom. The third-order valence-electron chi connectivity index (χ3n) is 4.12. The monoisotopic (exact) mass is 248 g/mol. The van der Waals surface area contributed by atoms with E-state index < -0.39 is 0 Å². The molecule has 1 aromatic heterocycles. The lowest BCUT2D eigenvalue weighted by Gasteiger charge is -2.19. The van der Waals surface area contributed by atoms with Crippen molar-refractivity contribution in [2.75, 3.05) is 13.1 Å². The van der Waals surface area contributed by atoms with Gasteiger partial charge in [0.2, 0.25) is 0 Å². The molecule has 1 aliphatic heterocycles. The van der Waals surface area contributed by atoms with Crippen LogP contribution in [-0.2, 0) is 13.1 Å². The topological polar surface area (TPSA) is 28.4 Å². The zero-order valence-electron chi connectivity index (χ0n) is 11.5. The van der Waals surface area contributed by atoms with Crippen molar-refractivity contribution in [1.82, 2.24) is 10.2 Å². The molecule has 0 spiro atoms. The van der Waals surface area contributed by atoms with E-state index in [4.69, 9.17) is 4.42 Å². The Kier molecular flexibility index (Phi) is 3.20. The van der Waals surface area contributed by atoms with Gasteiger partial charge < -0.3 is 9.73 Å². The molecule has 0 unspecified atom stereocenters. The molecule has 3 rings (SSSR count). The van der Waals surface area contributed by atoms with Crippen LogP contribution in [0.2, 0.25) is 0 Å². The van der Waals surface area contributed by atoms with Crippen LogP contribution in [0.1, 0.15) is 44.4 Å². The highest BCUT2D eigenvalue weighted by molar-refractivity contribution is 5.17. The van der Waals surface area contributed by atoms with Crippen LogP contribution in [0.3, 0.4) is 0 Å². The highest BCUT2D eigenvalue weighted by Gasteiger charge is 2.30. The average Bonchev–Trinajstić information content (AvgIpc) is 2.94. The van der Waals surface area contributed by atoms with Crippen molar-refractivity contribution in [1.29, 1.82) is 0 Å². The summed E-state index contributed by atoms with van der Waals surface area (Å²) in [7, 11) is 0. The molecule has 1 saturated carbocycles. The van der Waals surface area contributed by atoms with Gasteiger partial charge in [0.25, 0.3) is 0 Å². The normalized spacial score (nSPS) is 23.7. The van der Waals surface area contributed by atoms with Gasteiger partial charge in [0.1, 0.15) is 5.76 Å². The molecule has 0 atom stereocenters. The van der Waals surface area contributed by atoms with Crippen LogP contribution in [-0.4, -0.2) is 24.0 Å². The van der Waals surface area contributed by atoms with Gasteiger partial charge in [-0.3, -0.25) is 4.90 Å². The van der Waals surface area contributed by atoms with E-state index in [2.05, 4.69) is 30.1 Å². The SMILES string of the molecule is CC1(C)CCN(Cc2occc2CNC2CC2)C1. The maximum atomic E-state index is 5.67. The summed E-state index contributed by atoms with van der Waals surface area (Å²) in [6.07, 6.45) is 5.81. The van der Waals surface area contributed by atoms with Gasteiger partial charge in [-0.05, 0) is 37.3 Å². The van der Waals surface area contributed by atoms with Crippen molar-refractivity contribution in [3.8, 4) is 0 Å². The van der Waals surface area contributed by atoms with Gasteiger partial charge in [-0.15, -0.1) is 0 Å². The van der Waals surface area contributed by atoms with Crippen molar-refractivity contribution in [2.45, 2.75) is 52.2 Å². The summed E-state index contributed by atoms with van der Waals surface area (Å²) in [5.74, 6) is 1.15. The molecule has 0 aromatic carbocycles. The highest BCUT2D eigenvalue weighted by Crippen LogP contribution is 2.30. The van der Waals surface area contributed by atoms with Crippen molar-refractivity contribution >= 4 is 0 Å². The lowest BCUT2D eigenvalue weighted by atomic mass is 9.93. The Morgan fingerprint density at radius 3 is 2.94 bits per heavy atom. The van der Waals surface area contributed by atoms with Gasteiger partial charge in [-0.2, -0.15) is 0 Å². The van der Waals surface area contributed by atoms with Crippen molar-refractivity contribution in [3.05, 3.63) is 23.7 Å². The fraction of sp³-hybridized carbons (Fsp3) is 0.733. The summed E-state index contributed by atoms with van der Waals surface area (Å²) in [5, 5.41) is 3.56. The molecular weight excluding hydrogens is 224 g/mol. The molecule has 2 fully saturated rings. The zero-order valence-corrected chi connectivity index (χ0v) is 11.5. The standard InChI is InChI=1S/C15H24N2O/c1-15(2)6-7-17(11-15)10-14-12(5-8-18-14)9-16-13-3-4-13/h5,8,13,16H,3-4,6-7,9-11H2,1-2H3. The summed E-state index contributed by atoms with van der Waals surface area (Å²) in [6, 6.07) is 2.88. The van der Waals surface area contributed by atoms with E-state index in [-0.39, 0.29) is 0 Å². The number of nitrogens with one attached hydrogen (secondary N) is 1. The Bertz CT molecular complexity index is 406. The summed E-state index contributed by atoms with van der Waals surface area (Å²) < 4.78 is 5.67. The minimum absolute atomic E-state index is 0.471. The van der Waals surface area contributed by atoms with Crippen molar-refractivity contribution in [2.24, 2.45) is 5.41 Å². The van der Waals surface area contributed by atoms with E-state index in [1.807, 2.05) is 6.26 Å². The minimum Gasteiger partial charge on any atom is -0.468 e. The Morgan fingerprint density at radius 2 is 2.28 bits per heavy atom. The Balaban J connectivity index is 1.57. The van der Waals surface area contributed by atoms with Gasteiger partial charge in [0.05, 0.1) is 12.8 Å². The van der Waals surface area contributed by atoms with Crippen molar-refractivity contribution < 1.29 is 4.42 Å². The van der Waals surface area contributed by atoms with Crippen LogP contribution in [0.5, 0.6) is 0 Å². The van der Waals surface area contributed by atoms with Gasteiger partial charge in [0.15, 0.2) is 0 Å². The van der Waals surface area contributed by atoms with Crippen LogP contribution in [0, 0.1) is 5.41 Å². The molecule has 3 heteroatoms. The van der Waals surface area contributed by atoms with E-state index >= 15 is 0 Å². The first-order valence-electron chi connectivity index (χ1n) is 7.13. The van der Waals surface area contributed by atoms with Gasteiger partial charge >= 0.3 is 0 Å². The van der Waals surface area contributed by atoms with E-state index in [1.54, 1.807) is 0 Å². The molecule has 2 heterocycles. The van der Waals surface area contributed by atoms with Crippen LogP contribution in [0.15, 0.2) is 16.7 Å². The number of nitrogens with zero attached hydrogens (tertiary/aromatic N) is 1. The molecule has 1 N–H and O–H groups in total. The van der Waals surface area contributed by atoms with Gasteiger partial charge in [-0.1, -0.05) is 13.8 Å². The summed E-state index contributed by atoms with van der Waals surface area (Å²) in [6.45, 7) is 9.02. The lowest BCUT2D eigenvalue weighted by molar-refractivity contribution is 0.261. The minimum atomic E-state index is 0.471. The summed E-state index contributed by atoms with van der Waals surface area (Å²) in [4.78, 5) is 2.51. The third-order valence-corrected chi connectivity index (χ3v) is 4.12. The molecule has 0 amide bonds. The Labute approximate surface area is 110 Å². The smallest absolute Gasteiger partial charge is 0.122 e. The molecule has 0 bridgehead atoms. The largest absolute Gasteiger partial charge is 0.468 e. The number of likely N-dealkylation sites (tertiary alicyclic amines) is 1. The first-order valence-corrected chi connectivity index (χ1v) is 7.13. The van der Waals surface area contributed by atoms with Crippen LogP contribution < -0.4 is 5.32 Å². The first kappa shape index (κ1) is 12.2. The Hall–Kier alpha value is -0.800. The third kappa shape index (κ3) is 2.96. The number of rotatable bonds is 5. The maximum Gasteiger partial charge on any atom is 0.122 e. The van der Waals surface area contributed by atoms with E-state index in [9.17, 15) is 0 Å². The molecule has 1 aliphatic carbocycles. The predicted molar refractivity (Wildman–Crippen MR) is 72.2 cm³/mol. The molecule has 2 aliphatic rings. The number of hydrogen-bond acceptors (Lipinski definition) is 3. The zero-order chi connectivity index (χ0) is 12.6. The van der Waals surface area contributed by atoms with Crippen LogP contribution in [0.25, 0.3) is 0 Å². The molecular formula is C15H24N2O. The van der Waals surface area contributed by atoms with Crippen molar-refractivity contribution in [3.63, 3.8) is 0 Å². The summed E-state index contributed by atoms with van der Waals surface area (Å²) >= 11 is 0. The predicted octanol–water partition coefficient (Wildman–Crippen LogP) is 2.76. The molecule has 18 heavy (non-hydrogen) atoms. The first-order chi connectivity index (χ1) is 8.62. The second-order valence-electron chi connectivity index (χ2n) is 6.65. The second-order valence-corrected chi connectivity index (χ2v) is 6.65. The average molecular weight is 248 g/mol. The highest BCUT2D eigenvalue weighted by atomic mass is 16.3. The van der Waals surface area contributed by atoms with Crippen LogP contribution >= 0.6 is 0 Å². The van der Waals surface area contributed by atoms with Gasteiger partial charge in [-0.25, -0.2) is 0 Å². The maximum absolute atomic E-state index is 5.67. The van der Waals surface area contributed by atoms with Crippen LogP contribution in [0.4, 0.5) is 0 Å². The molecule has 3 nitrogen and oxygen atoms in total. The second kappa shape index (κ2) is 4.71. The fourth-order valence-corrected chi connectivity index (χ4v) is 2.77. The molecule has 1 saturated heterocycles. The lowest BCUT2D eigenvalue weighted by Crippen LogP contribution is -2.24. The molecule has 0 radical (unpaired) electrons. The quantitative estimate of drug-likeness (QED) is 0.868. The molecule has 1 aromatic rings. The fourth-order valence-electron chi connectivity index (χ4n) is 2.77. The van der Waals surface area contributed by atoms with Gasteiger partial charge in [0, 0.05) is 24.7 Å². The van der Waals surface area contributed by atoms with E-state index in [0.29, 0.717) is 5.41 Å². The number of hydrogen-bond donors (Lipinski definition) is 1.